The number of hydrogen-bond donors (Lipinski definition) is 2. The molecule has 0 saturated carbocycles. The summed E-state index contributed by atoms with van der Waals surface area (Å²) in [7, 11) is 0. The number of carboxylic acids is 1. The van der Waals surface area contributed by atoms with Crippen molar-refractivity contribution in [2.75, 3.05) is 13.1 Å². The van der Waals surface area contributed by atoms with Gasteiger partial charge in [0.1, 0.15) is 5.82 Å². The van der Waals surface area contributed by atoms with Crippen LogP contribution in [0.15, 0.2) is 24.3 Å². The minimum absolute atomic E-state index is 0.0469. The largest absolute Gasteiger partial charge is 0.481 e. The Labute approximate surface area is 152 Å². The number of benzene rings is 1. The monoisotopic (exact) mass is 364 g/mol. The van der Waals surface area contributed by atoms with E-state index in [-0.39, 0.29) is 24.2 Å². The third-order valence-electron chi connectivity index (χ3n) is 4.58. The maximum atomic E-state index is 13.1. The van der Waals surface area contributed by atoms with Crippen molar-refractivity contribution in [3.63, 3.8) is 0 Å². The van der Waals surface area contributed by atoms with Gasteiger partial charge in [-0.25, -0.2) is 4.39 Å². The van der Waals surface area contributed by atoms with Gasteiger partial charge in [0.05, 0.1) is 18.4 Å². The van der Waals surface area contributed by atoms with Crippen molar-refractivity contribution in [1.29, 1.82) is 0 Å². The lowest BCUT2D eigenvalue weighted by atomic mass is 9.95. The summed E-state index contributed by atoms with van der Waals surface area (Å²) in [6, 6.07) is 4.69. The molecule has 7 heteroatoms. The molecule has 26 heavy (non-hydrogen) atoms. The highest BCUT2D eigenvalue weighted by Gasteiger charge is 2.30. The lowest BCUT2D eigenvalue weighted by molar-refractivity contribution is -0.138. The number of nitrogens with zero attached hydrogens (tertiary/aromatic N) is 1. The Morgan fingerprint density at radius 3 is 2.62 bits per heavy atom. The number of carbonyl (C=O) groups excluding carboxylic acids is 2. The fourth-order valence-corrected chi connectivity index (χ4v) is 3.20. The molecule has 1 aromatic rings. The maximum absolute atomic E-state index is 13.1. The first kappa shape index (κ1) is 19.9. The summed E-state index contributed by atoms with van der Waals surface area (Å²) in [6.07, 6.45) is 2.34. The summed E-state index contributed by atoms with van der Waals surface area (Å²) in [6.45, 7) is 2.94. The van der Waals surface area contributed by atoms with Crippen molar-refractivity contribution in [3.8, 4) is 0 Å². The third kappa shape index (κ3) is 5.54. The smallest absolute Gasteiger partial charge is 0.305 e. The molecule has 2 rings (SSSR count). The molecule has 0 aromatic heterocycles. The minimum atomic E-state index is -1.05. The van der Waals surface area contributed by atoms with Crippen LogP contribution < -0.4 is 5.32 Å². The number of amides is 2. The van der Waals surface area contributed by atoms with Crippen molar-refractivity contribution in [2.45, 2.75) is 45.1 Å². The maximum Gasteiger partial charge on any atom is 0.305 e. The van der Waals surface area contributed by atoms with E-state index in [0.29, 0.717) is 31.5 Å². The highest BCUT2D eigenvalue weighted by molar-refractivity contribution is 5.82. The number of nitrogens with one attached hydrogen (secondary N) is 1. The summed E-state index contributed by atoms with van der Waals surface area (Å²) in [4.78, 5) is 37.6. The normalized spacial score (nSPS) is 18.2. The SMILES string of the molecule is CCCC(=O)N1CCCC(C(=O)NC(CC(=O)O)c2ccc(F)cc2)C1. The molecule has 2 amide bonds. The van der Waals surface area contributed by atoms with E-state index in [1.807, 2.05) is 6.92 Å². The average Bonchev–Trinajstić information content (AvgIpc) is 2.61. The van der Waals surface area contributed by atoms with Gasteiger partial charge in [-0.05, 0) is 37.0 Å². The van der Waals surface area contributed by atoms with E-state index in [2.05, 4.69) is 5.32 Å². The Morgan fingerprint density at radius 2 is 2.00 bits per heavy atom. The average molecular weight is 364 g/mol. The Kier molecular flexibility index (Phi) is 7.12. The molecule has 6 nitrogen and oxygen atoms in total. The second-order valence-electron chi connectivity index (χ2n) is 6.64. The Balaban J connectivity index is 2.04. The molecule has 1 aliphatic rings. The van der Waals surface area contributed by atoms with Crippen LogP contribution in [0.2, 0.25) is 0 Å². The predicted molar refractivity (Wildman–Crippen MR) is 93.7 cm³/mol. The van der Waals surface area contributed by atoms with Gasteiger partial charge in [-0.3, -0.25) is 14.4 Å². The van der Waals surface area contributed by atoms with Crippen molar-refractivity contribution >= 4 is 17.8 Å². The van der Waals surface area contributed by atoms with E-state index in [0.717, 1.165) is 12.8 Å². The van der Waals surface area contributed by atoms with Crippen molar-refractivity contribution in [3.05, 3.63) is 35.6 Å². The number of hydrogen-bond acceptors (Lipinski definition) is 3. The van der Waals surface area contributed by atoms with Gasteiger partial charge in [0.2, 0.25) is 11.8 Å². The molecular weight excluding hydrogens is 339 g/mol. The van der Waals surface area contributed by atoms with E-state index in [1.54, 1.807) is 4.90 Å². The second kappa shape index (κ2) is 9.31. The molecule has 1 fully saturated rings. The number of carbonyl (C=O) groups is 3. The lowest BCUT2D eigenvalue weighted by Gasteiger charge is -2.33. The van der Waals surface area contributed by atoms with Gasteiger partial charge in [0, 0.05) is 19.5 Å². The summed E-state index contributed by atoms with van der Waals surface area (Å²) < 4.78 is 13.1. The van der Waals surface area contributed by atoms with Gasteiger partial charge in [0.25, 0.3) is 0 Å². The van der Waals surface area contributed by atoms with Gasteiger partial charge >= 0.3 is 5.97 Å². The molecule has 1 heterocycles. The van der Waals surface area contributed by atoms with Crippen LogP contribution >= 0.6 is 0 Å². The van der Waals surface area contributed by atoms with E-state index >= 15 is 0 Å². The van der Waals surface area contributed by atoms with Gasteiger partial charge in [0.15, 0.2) is 0 Å². The summed E-state index contributed by atoms with van der Waals surface area (Å²) in [5, 5.41) is 11.9. The third-order valence-corrected chi connectivity index (χ3v) is 4.58. The summed E-state index contributed by atoms with van der Waals surface area (Å²) in [5.41, 5.74) is 0.539. The fourth-order valence-electron chi connectivity index (χ4n) is 3.20. The highest BCUT2D eigenvalue weighted by Crippen LogP contribution is 2.22. The zero-order valence-corrected chi connectivity index (χ0v) is 14.9. The predicted octanol–water partition coefficient (Wildman–Crippen LogP) is 2.50. The summed E-state index contributed by atoms with van der Waals surface area (Å²) in [5.74, 6) is -2.06. The molecule has 1 aliphatic heterocycles. The van der Waals surface area contributed by atoms with Gasteiger partial charge < -0.3 is 15.3 Å². The topological polar surface area (TPSA) is 86.7 Å². The first-order valence-corrected chi connectivity index (χ1v) is 8.96. The highest BCUT2D eigenvalue weighted by atomic mass is 19.1. The molecule has 0 spiro atoms. The standard InChI is InChI=1S/C19H25FN2O4/c1-2-4-17(23)22-10-3-5-14(12-22)19(26)21-16(11-18(24)25)13-6-8-15(20)9-7-13/h6-9,14,16H,2-5,10-12H2,1H3,(H,21,26)(H,24,25). The van der Waals surface area contributed by atoms with Crippen LogP contribution in [-0.4, -0.2) is 40.9 Å². The first-order valence-electron chi connectivity index (χ1n) is 8.96. The molecule has 142 valence electrons. The van der Waals surface area contributed by atoms with Crippen LogP contribution in [0.3, 0.4) is 0 Å². The number of carboxylic acid groups (broad SMARTS) is 1. The Hall–Kier alpha value is -2.44. The molecule has 1 saturated heterocycles. The molecule has 0 aliphatic carbocycles. The Morgan fingerprint density at radius 1 is 1.31 bits per heavy atom. The van der Waals surface area contributed by atoms with E-state index in [4.69, 9.17) is 5.11 Å². The number of aliphatic carboxylic acids is 1. The zero-order valence-electron chi connectivity index (χ0n) is 14.9. The van der Waals surface area contributed by atoms with Gasteiger partial charge in [-0.1, -0.05) is 19.1 Å². The van der Waals surface area contributed by atoms with Crippen LogP contribution in [0.1, 0.15) is 50.6 Å². The zero-order chi connectivity index (χ0) is 19.1. The van der Waals surface area contributed by atoms with Crippen LogP contribution in [0, 0.1) is 11.7 Å². The molecule has 0 bridgehead atoms. The minimum Gasteiger partial charge on any atom is -0.481 e. The van der Waals surface area contributed by atoms with Crippen LogP contribution in [0.25, 0.3) is 0 Å². The lowest BCUT2D eigenvalue weighted by Crippen LogP contribution is -2.46. The van der Waals surface area contributed by atoms with Gasteiger partial charge in [-0.15, -0.1) is 0 Å². The number of rotatable bonds is 7. The van der Waals surface area contributed by atoms with E-state index < -0.39 is 17.8 Å². The molecule has 2 atom stereocenters. The number of halogens is 1. The first-order chi connectivity index (χ1) is 12.4. The number of likely N-dealkylation sites (tertiary alicyclic amines) is 1. The van der Waals surface area contributed by atoms with Gasteiger partial charge in [-0.2, -0.15) is 0 Å². The fraction of sp³-hybridized carbons (Fsp3) is 0.526. The van der Waals surface area contributed by atoms with E-state index in [9.17, 15) is 18.8 Å². The molecule has 2 unspecified atom stereocenters. The van der Waals surface area contributed by atoms with Crippen LogP contribution in [0.5, 0.6) is 0 Å². The Bertz CT molecular complexity index is 647. The second-order valence-corrected chi connectivity index (χ2v) is 6.64. The quantitative estimate of drug-likeness (QED) is 0.778. The molecule has 0 radical (unpaired) electrons. The van der Waals surface area contributed by atoms with Crippen LogP contribution in [0.4, 0.5) is 4.39 Å². The molecule has 1 aromatic carbocycles. The molecular formula is C19H25FN2O4. The van der Waals surface area contributed by atoms with Crippen molar-refractivity contribution < 1.29 is 23.9 Å². The van der Waals surface area contributed by atoms with Crippen LogP contribution in [-0.2, 0) is 14.4 Å². The van der Waals surface area contributed by atoms with Crippen molar-refractivity contribution in [1.82, 2.24) is 10.2 Å². The van der Waals surface area contributed by atoms with Crippen molar-refractivity contribution in [2.24, 2.45) is 5.92 Å². The summed E-state index contributed by atoms with van der Waals surface area (Å²) >= 11 is 0. The number of piperidine rings is 1. The van der Waals surface area contributed by atoms with E-state index in [1.165, 1.54) is 24.3 Å². The molecule has 2 N–H and O–H groups in total.